The minimum absolute atomic E-state index is 0.310. The quantitative estimate of drug-likeness (QED) is 0.379. The summed E-state index contributed by atoms with van der Waals surface area (Å²) in [5.41, 5.74) is 0.343. The van der Waals surface area contributed by atoms with Crippen LogP contribution in [-0.4, -0.2) is 17.3 Å². The number of hydrogen-bond donors (Lipinski definition) is 2. The maximum atomic E-state index is 13.0. The highest BCUT2D eigenvalue weighted by atomic mass is 127. The SMILES string of the molecule is O=C(/C=N\O)Nc1cccc(F)c1I. The Morgan fingerprint density at radius 2 is 2.36 bits per heavy atom. The molecule has 0 radical (unpaired) electrons. The van der Waals surface area contributed by atoms with Crippen molar-refractivity contribution >= 4 is 40.4 Å². The zero-order valence-electron chi connectivity index (χ0n) is 6.87. The second-order valence-corrected chi connectivity index (χ2v) is 3.41. The van der Waals surface area contributed by atoms with E-state index in [2.05, 4.69) is 10.5 Å². The van der Waals surface area contributed by atoms with Crippen LogP contribution in [0.5, 0.6) is 0 Å². The van der Waals surface area contributed by atoms with Crippen LogP contribution >= 0.6 is 22.6 Å². The standard InChI is InChI=1S/C8H6FIN2O2/c9-5-2-1-3-6(8(5)10)12-7(13)4-11-14/h1-4,14H,(H,12,13)/b11-4-. The van der Waals surface area contributed by atoms with E-state index >= 15 is 0 Å². The summed E-state index contributed by atoms with van der Waals surface area (Å²) in [6, 6.07) is 4.31. The van der Waals surface area contributed by atoms with E-state index in [1.165, 1.54) is 12.1 Å². The molecule has 6 heteroatoms. The third-order valence-corrected chi connectivity index (χ3v) is 2.48. The molecule has 0 fully saturated rings. The maximum Gasteiger partial charge on any atom is 0.270 e. The first-order valence-electron chi connectivity index (χ1n) is 3.57. The van der Waals surface area contributed by atoms with Gasteiger partial charge in [0.2, 0.25) is 0 Å². The molecule has 0 saturated heterocycles. The Morgan fingerprint density at radius 3 is 3.00 bits per heavy atom. The zero-order chi connectivity index (χ0) is 10.6. The molecule has 0 heterocycles. The fraction of sp³-hybridized carbons (Fsp3) is 0. The van der Waals surface area contributed by atoms with Gasteiger partial charge in [-0.3, -0.25) is 4.79 Å². The lowest BCUT2D eigenvalue weighted by Gasteiger charge is -2.04. The van der Waals surface area contributed by atoms with Gasteiger partial charge >= 0.3 is 0 Å². The van der Waals surface area contributed by atoms with Crippen molar-refractivity contribution in [2.24, 2.45) is 5.16 Å². The summed E-state index contributed by atoms with van der Waals surface area (Å²) in [6.07, 6.45) is 0.695. The number of amides is 1. The molecule has 0 aromatic heterocycles. The molecule has 74 valence electrons. The van der Waals surface area contributed by atoms with Crippen molar-refractivity contribution in [1.82, 2.24) is 0 Å². The van der Waals surface area contributed by atoms with Gasteiger partial charge in [-0.1, -0.05) is 11.2 Å². The van der Waals surface area contributed by atoms with E-state index in [0.717, 1.165) is 0 Å². The van der Waals surface area contributed by atoms with Crippen LogP contribution < -0.4 is 5.32 Å². The Balaban J connectivity index is 2.87. The smallest absolute Gasteiger partial charge is 0.270 e. The summed E-state index contributed by atoms with van der Waals surface area (Å²) in [5.74, 6) is -1.03. The predicted molar refractivity (Wildman–Crippen MR) is 58.0 cm³/mol. The zero-order valence-corrected chi connectivity index (χ0v) is 9.03. The molecule has 2 N–H and O–H groups in total. The highest BCUT2D eigenvalue weighted by molar-refractivity contribution is 14.1. The summed E-state index contributed by atoms with van der Waals surface area (Å²) >= 11 is 1.77. The van der Waals surface area contributed by atoms with E-state index in [9.17, 15) is 9.18 Å². The summed E-state index contributed by atoms with van der Waals surface area (Å²) in [4.78, 5) is 10.9. The van der Waals surface area contributed by atoms with Crippen molar-refractivity contribution in [2.45, 2.75) is 0 Å². The van der Waals surface area contributed by atoms with E-state index < -0.39 is 11.7 Å². The lowest BCUT2D eigenvalue weighted by molar-refractivity contribution is -0.110. The van der Waals surface area contributed by atoms with Crippen LogP contribution in [0.25, 0.3) is 0 Å². The Hall–Kier alpha value is -1.18. The average molecular weight is 308 g/mol. The lowest BCUT2D eigenvalue weighted by Crippen LogP contribution is -2.13. The summed E-state index contributed by atoms with van der Waals surface area (Å²) in [5, 5.41) is 13.0. The topological polar surface area (TPSA) is 61.7 Å². The fourth-order valence-corrected chi connectivity index (χ4v) is 1.31. The molecule has 1 aromatic rings. The second-order valence-electron chi connectivity index (χ2n) is 2.34. The number of rotatable bonds is 2. The number of nitrogens with one attached hydrogen (secondary N) is 1. The molecule has 1 amide bonds. The highest BCUT2D eigenvalue weighted by Crippen LogP contribution is 2.20. The molecule has 0 spiro atoms. The molecule has 1 rings (SSSR count). The third-order valence-electron chi connectivity index (χ3n) is 1.38. The number of carbonyl (C=O) groups excluding carboxylic acids is 1. The lowest BCUT2D eigenvalue weighted by atomic mass is 10.3. The van der Waals surface area contributed by atoms with Gasteiger partial charge < -0.3 is 10.5 Å². The van der Waals surface area contributed by atoms with Crippen LogP contribution in [-0.2, 0) is 4.79 Å². The van der Waals surface area contributed by atoms with Crippen LogP contribution in [0.2, 0.25) is 0 Å². The molecule has 0 aliphatic rings. The molecule has 0 bridgehead atoms. The monoisotopic (exact) mass is 308 g/mol. The van der Waals surface area contributed by atoms with Crippen LogP contribution in [0.1, 0.15) is 0 Å². The minimum atomic E-state index is -0.615. The van der Waals surface area contributed by atoms with Gasteiger partial charge in [0.1, 0.15) is 12.0 Å². The van der Waals surface area contributed by atoms with Gasteiger partial charge in [-0.15, -0.1) is 0 Å². The molecular formula is C8H6FIN2O2. The molecule has 0 aliphatic heterocycles. The Labute approximate surface area is 92.9 Å². The highest BCUT2D eigenvalue weighted by Gasteiger charge is 2.06. The third kappa shape index (κ3) is 2.66. The molecule has 1 aromatic carbocycles. The van der Waals surface area contributed by atoms with Gasteiger partial charge in [-0.05, 0) is 34.7 Å². The van der Waals surface area contributed by atoms with Gasteiger partial charge in [0.25, 0.3) is 5.91 Å². The number of carbonyl (C=O) groups is 1. The van der Waals surface area contributed by atoms with Crippen LogP contribution in [0.4, 0.5) is 10.1 Å². The number of oxime groups is 1. The Morgan fingerprint density at radius 1 is 1.64 bits per heavy atom. The largest absolute Gasteiger partial charge is 0.411 e. The van der Waals surface area contributed by atoms with E-state index in [-0.39, 0.29) is 0 Å². The molecule has 0 aliphatic carbocycles. The van der Waals surface area contributed by atoms with E-state index in [1.54, 1.807) is 28.7 Å². The van der Waals surface area contributed by atoms with Crippen molar-refractivity contribution < 1.29 is 14.4 Å². The molecule has 4 nitrogen and oxygen atoms in total. The van der Waals surface area contributed by atoms with Crippen molar-refractivity contribution in [2.75, 3.05) is 5.32 Å². The maximum absolute atomic E-state index is 13.0. The molecule has 0 unspecified atom stereocenters. The average Bonchev–Trinajstić information content (AvgIpc) is 2.13. The molecule has 14 heavy (non-hydrogen) atoms. The number of benzene rings is 1. The van der Waals surface area contributed by atoms with Gasteiger partial charge in [-0.2, -0.15) is 0 Å². The van der Waals surface area contributed by atoms with E-state index in [0.29, 0.717) is 15.5 Å². The number of halogens is 2. The fourth-order valence-electron chi connectivity index (χ4n) is 0.818. The Kier molecular flexibility index (Phi) is 3.81. The van der Waals surface area contributed by atoms with Gasteiger partial charge in [0.05, 0.1) is 9.26 Å². The van der Waals surface area contributed by atoms with E-state index in [4.69, 9.17) is 5.21 Å². The summed E-state index contributed by atoms with van der Waals surface area (Å²) in [6.45, 7) is 0. The van der Waals surface area contributed by atoms with Crippen LogP contribution in [0.15, 0.2) is 23.4 Å². The first-order chi connectivity index (χ1) is 6.65. The van der Waals surface area contributed by atoms with Crippen molar-refractivity contribution in [3.63, 3.8) is 0 Å². The molecular weight excluding hydrogens is 302 g/mol. The summed E-state index contributed by atoms with van der Waals surface area (Å²) < 4.78 is 13.3. The number of hydrogen-bond acceptors (Lipinski definition) is 3. The molecule has 0 atom stereocenters. The van der Waals surface area contributed by atoms with E-state index in [1.807, 2.05) is 0 Å². The van der Waals surface area contributed by atoms with Crippen molar-refractivity contribution in [3.8, 4) is 0 Å². The van der Waals surface area contributed by atoms with Crippen molar-refractivity contribution in [1.29, 1.82) is 0 Å². The number of nitrogens with zero attached hydrogens (tertiary/aromatic N) is 1. The van der Waals surface area contributed by atoms with Gasteiger partial charge in [0.15, 0.2) is 0 Å². The minimum Gasteiger partial charge on any atom is -0.411 e. The first kappa shape index (κ1) is 10.9. The normalized spacial score (nSPS) is 10.4. The summed E-state index contributed by atoms with van der Waals surface area (Å²) in [7, 11) is 0. The number of anilines is 1. The van der Waals surface area contributed by atoms with Crippen LogP contribution in [0, 0.1) is 9.39 Å². The Bertz CT molecular complexity index is 382. The van der Waals surface area contributed by atoms with Gasteiger partial charge in [0, 0.05) is 0 Å². The predicted octanol–water partition coefficient (Wildman–Crippen LogP) is 1.83. The second kappa shape index (κ2) is 4.89. The first-order valence-corrected chi connectivity index (χ1v) is 4.65. The van der Waals surface area contributed by atoms with Crippen LogP contribution in [0.3, 0.4) is 0 Å². The van der Waals surface area contributed by atoms with Crippen molar-refractivity contribution in [3.05, 3.63) is 27.6 Å². The molecule has 0 saturated carbocycles. The van der Waals surface area contributed by atoms with Gasteiger partial charge in [-0.25, -0.2) is 4.39 Å².